The van der Waals surface area contributed by atoms with E-state index in [4.69, 9.17) is 4.42 Å². The molecule has 2 aromatic heterocycles. The summed E-state index contributed by atoms with van der Waals surface area (Å²) in [5.74, 6) is 1.14. The van der Waals surface area contributed by atoms with E-state index >= 15 is 0 Å². The van der Waals surface area contributed by atoms with Crippen molar-refractivity contribution in [3.05, 3.63) is 84.1 Å². The maximum absolute atomic E-state index is 13.1. The zero-order chi connectivity index (χ0) is 25.1. The minimum Gasteiger partial charge on any atom is -0.416 e. The Morgan fingerprint density at radius 1 is 0.806 bits per heavy atom. The maximum atomic E-state index is 13.1. The number of benzene rings is 2. The average molecular weight is 493 g/mol. The van der Waals surface area contributed by atoms with Gasteiger partial charge in [0.15, 0.2) is 0 Å². The second-order valence-electron chi connectivity index (χ2n) is 8.39. The lowest BCUT2D eigenvalue weighted by Gasteiger charge is -2.23. The van der Waals surface area contributed by atoms with Crippen molar-refractivity contribution in [2.24, 2.45) is 0 Å². The standard InChI is InChI=1S/C26H22F3N5O2/c27-26(28,29)21-11-12-22(30-17-21)33-13-4-14-34(16-15-33)25(35)20-9-7-19(8-10-20)24-32-31-23(36-24)18-5-2-1-3-6-18/h1-3,5-12,17H,4,13-16H2. The van der Waals surface area contributed by atoms with E-state index in [9.17, 15) is 18.0 Å². The Hall–Kier alpha value is -4.21. The minimum atomic E-state index is -4.42. The lowest BCUT2D eigenvalue weighted by Crippen LogP contribution is -2.35. The van der Waals surface area contributed by atoms with Gasteiger partial charge in [0.25, 0.3) is 5.91 Å². The molecule has 5 rings (SSSR count). The third-order valence-electron chi connectivity index (χ3n) is 6.01. The normalized spacial score (nSPS) is 14.5. The Labute approximate surface area is 205 Å². The second-order valence-corrected chi connectivity index (χ2v) is 8.39. The van der Waals surface area contributed by atoms with Gasteiger partial charge in [-0.25, -0.2) is 4.98 Å². The van der Waals surface area contributed by atoms with Gasteiger partial charge in [-0.05, 0) is 55.0 Å². The predicted molar refractivity (Wildman–Crippen MR) is 127 cm³/mol. The van der Waals surface area contributed by atoms with Crippen molar-refractivity contribution >= 4 is 11.7 Å². The molecule has 1 saturated heterocycles. The molecule has 0 unspecified atom stereocenters. The molecule has 7 nitrogen and oxygen atoms in total. The van der Waals surface area contributed by atoms with E-state index in [1.165, 1.54) is 6.07 Å². The first-order valence-electron chi connectivity index (χ1n) is 11.5. The van der Waals surface area contributed by atoms with Crippen molar-refractivity contribution in [1.82, 2.24) is 20.1 Å². The van der Waals surface area contributed by atoms with Crippen LogP contribution in [-0.4, -0.2) is 52.2 Å². The number of alkyl halides is 3. The van der Waals surface area contributed by atoms with Crippen LogP contribution in [0.15, 0.2) is 77.3 Å². The quantitative estimate of drug-likeness (QED) is 0.391. The summed E-state index contributed by atoms with van der Waals surface area (Å²) < 4.78 is 44.2. The molecule has 0 atom stereocenters. The zero-order valence-electron chi connectivity index (χ0n) is 19.2. The maximum Gasteiger partial charge on any atom is 0.417 e. The number of halogens is 3. The second kappa shape index (κ2) is 9.80. The molecule has 10 heteroatoms. The first kappa shape index (κ1) is 23.5. The molecule has 0 aliphatic carbocycles. The Morgan fingerprint density at radius 3 is 2.14 bits per heavy atom. The van der Waals surface area contributed by atoms with E-state index in [1.807, 2.05) is 35.2 Å². The Morgan fingerprint density at radius 2 is 1.50 bits per heavy atom. The molecule has 0 N–H and O–H groups in total. The summed E-state index contributed by atoms with van der Waals surface area (Å²) in [4.78, 5) is 20.7. The summed E-state index contributed by atoms with van der Waals surface area (Å²) >= 11 is 0. The van der Waals surface area contributed by atoms with Crippen molar-refractivity contribution in [3.8, 4) is 22.9 Å². The topological polar surface area (TPSA) is 75.4 Å². The average Bonchev–Trinajstić information content (AvgIpc) is 3.27. The third kappa shape index (κ3) is 5.07. The van der Waals surface area contributed by atoms with Gasteiger partial charge in [0.05, 0.1) is 5.56 Å². The summed E-state index contributed by atoms with van der Waals surface area (Å²) in [6, 6.07) is 18.9. The van der Waals surface area contributed by atoms with Crippen LogP contribution in [0.2, 0.25) is 0 Å². The zero-order valence-corrected chi connectivity index (χ0v) is 19.2. The van der Waals surface area contributed by atoms with Gasteiger partial charge in [0.2, 0.25) is 11.8 Å². The molecule has 0 saturated carbocycles. The highest BCUT2D eigenvalue weighted by Gasteiger charge is 2.31. The number of anilines is 1. The van der Waals surface area contributed by atoms with Gasteiger partial charge in [-0.15, -0.1) is 10.2 Å². The van der Waals surface area contributed by atoms with Crippen molar-refractivity contribution in [1.29, 1.82) is 0 Å². The van der Waals surface area contributed by atoms with Crippen LogP contribution in [0, 0.1) is 0 Å². The molecular weight excluding hydrogens is 471 g/mol. The molecule has 2 aromatic carbocycles. The number of hydrogen-bond acceptors (Lipinski definition) is 6. The van der Waals surface area contributed by atoms with Gasteiger partial charge in [-0.3, -0.25) is 4.79 Å². The van der Waals surface area contributed by atoms with E-state index in [2.05, 4.69) is 15.2 Å². The van der Waals surface area contributed by atoms with Gasteiger partial charge in [0.1, 0.15) is 5.82 Å². The molecule has 1 aliphatic heterocycles. The van der Waals surface area contributed by atoms with E-state index in [1.54, 1.807) is 29.2 Å². The highest BCUT2D eigenvalue weighted by atomic mass is 19.4. The number of carbonyl (C=O) groups is 1. The Balaban J connectivity index is 1.23. The minimum absolute atomic E-state index is 0.112. The van der Waals surface area contributed by atoms with E-state index in [-0.39, 0.29) is 5.91 Å². The molecule has 36 heavy (non-hydrogen) atoms. The molecular formula is C26H22F3N5O2. The monoisotopic (exact) mass is 493 g/mol. The third-order valence-corrected chi connectivity index (χ3v) is 6.01. The van der Waals surface area contributed by atoms with Crippen molar-refractivity contribution in [3.63, 3.8) is 0 Å². The number of pyridine rings is 1. The fourth-order valence-electron chi connectivity index (χ4n) is 4.07. The first-order chi connectivity index (χ1) is 17.4. The van der Waals surface area contributed by atoms with Gasteiger partial charge < -0.3 is 14.2 Å². The fourth-order valence-corrected chi connectivity index (χ4v) is 4.07. The molecule has 0 radical (unpaired) electrons. The van der Waals surface area contributed by atoms with E-state index in [0.29, 0.717) is 61.3 Å². The lowest BCUT2D eigenvalue weighted by molar-refractivity contribution is -0.137. The summed E-state index contributed by atoms with van der Waals surface area (Å²) in [7, 11) is 0. The van der Waals surface area contributed by atoms with Gasteiger partial charge in [-0.2, -0.15) is 13.2 Å². The van der Waals surface area contributed by atoms with Crippen LogP contribution in [0.4, 0.5) is 19.0 Å². The molecule has 1 aliphatic rings. The number of hydrogen-bond donors (Lipinski definition) is 0. The molecule has 0 spiro atoms. The van der Waals surface area contributed by atoms with Crippen LogP contribution in [-0.2, 0) is 6.18 Å². The first-order valence-corrected chi connectivity index (χ1v) is 11.5. The number of rotatable bonds is 4. The largest absolute Gasteiger partial charge is 0.417 e. The van der Waals surface area contributed by atoms with Crippen LogP contribution >= 0.6 is 0 Å². The highest BCUT2D eigenvalue weighted by molar-refractivity contribution is 5.94. The van der Waals surface area contributed by atoms with Crippen molar-refractivity contribution < 1.29 is 22.4 Å². The smallest absolute Gasteiger partial charge is 0.416 e. The van der Waals surface area contributed by atoms with Crippen LogP contribution in [0.3, 0.4) is 0 Å². The SMILES string of the molecule is O=C(c1ccc(-c2nnc(-c3ccccc3)o2)cc1)N1CCCN(c2ccc(C(F)(F)F)cn2)CC1. The van der Waals surface area contributed by atoms with Crippen molar-refractivity contribution in [2.45, 2.75) is 12.6 Å². The lowest BCUT2D eigenvalue weighted by atomic mass is 10.1. The molecule has 184 valence electrons. The number of nitrogens with zero attached hydrogens (tertiary/aromatic N) is 5. The Bertz CT molecular complexity index is 1320. The summed E-state index contributed by atoms with van der Waals surface area (Å²) in [5.41, 5.74) is 1.28. The molecule has 3 heterocycles. The molecule has 4 aromatic rings. The molecule has 0 bridgehead atoms. The van der Waals surface area contributed by atoms with E-state index in [0.717, 1.165) is 17.8 Å². The van der Waals surface area contributed by atoms with E-state index < -0.39 is 11.7 Å². The van der Waals surface area contributed by atoms with Crippen molar-refractivity contribution in [2.75, 3.05) is 31.1 Å². The highest BCUT2D eigenvalue weighted by Crippen LogP contribution is 2.29. The summed E-state index contributed by atoms with van der Waals surface area (Å²) in [5, 5.41) is 8.21. The molecule has 1 amide bonds. The van der Waals surface area contributed by atoms with Gasteiger partial charge in [-0.1, -0.05) is 18.2 Å². The predicted octanol–water partition coefficient (Wildman–Crippen LogP) is 5.17. The van der Waals surface area contributed by atoms with Gasteiger partial charge >= 0.3 is 6.18 Å². The van der Waals surface area contributed by atoms with Crippen LogP contribution in [0.1, 0.15) is 22.3 Å². The van der Waals surface area contributed by atoms with Crippen LogP contribution < -0.4 is 4.90 Å². The van der Waals surface area contributed by atoms with Crippen LogP contribution in [0.5, 0.6) is 0 Å². The fraction of sp³-hybridized carbons (Fsp3) is 0.231. The number of carbonyl (C=O) groups excluding carboxylic acids is 1. The van der Waals surface area contributed by atoms with Gasteiger partial charge in [0, 0.05) is 49.1 Å². The van der Waals surface area contributed by atoms with Crippen LogP contribution in [0.25, 0.3) is 22.9 Å². The number of amides is 1. The Kier molecular flexibility index (Phi) is 6.41. The summed E-state index contributed by atoms with van der Waals surface area (Å²) in [6.07, 6.45) is -2.90. The number of aromatic nitrogens is 3. The molecule has 1 fully saturated rings. The summed E-state index contributed by atoms with van der Waals surface area (Å²) in [6.45, 7) is 2.06.